The molecule has 0 aliphatic rings. The third kappa shape index (κ3) is 3.87. The molecule has 0 unspecified atom stereocenters. The SMILES string of the molecule is O=C(Nc1cccc(Cl)c1)c1c[nH]c(=O)n(Cc2ccccc2Cl)c1=O. The van der Waals surface area contributed by atoms with Crippen molar-refractivity contribution in [2.24, 2.45) is 0 Å². The summed E-state index contributed by atoms with van der Waals surface area (Å²) in [5.74, 6) is -0.651. The summed E-state index contributed by atoms with van der Waals surface area (Å²) in [6.07, 6.45) is 1.09. The van der Waals surface area contributed by atoms with Crippen molar-refractivity contribution in [3.05, 3.63) is 96.7 Å². The lowest BCUT2D eigenvalue weighted by Crippen LogP contribution is -2.39. The molecular weight excluding hydrogens is 377 g/mol. The zero-order valence-electron chi connectivity index (χ0n) is 13.3. The van der Waals surface area contributed by atoms with Gasteiger partial charge in [0.25, 0.3) is 11.5 Å². The molecule has 6 nitrogen and oxygen atoms in total. The summed E-state index contributed by atoms with van der Waals surface area (Å²) in [5, 5.41) is 3.45. The molecule has 0 bridgehead atoms. The van der Waals surface area contributed by atoms with Crippen LogP contribution < -0.4 is 16.6 Å². The molecule has 0 aliphatic heterocycles. The molecule has 0 atom stereocenters. The summed E-state index contributed by atoms with van der Waals surface area (Å²) in [6.45, 7) is -0.0495. The van der Waals surface area contributed by atoms with Crippen molar-refractivity contribution in [3.8, 4) is 0 Å². The lowest BCUT2D eigenvalue weighted by molar-refractivity contribution is 0.102. The van der Waals surface area contributed by atoms with E-state index in [1.165, 1.54) is 0 Å². The minimum Gasteiger partial charge on any atom is -0.322 e. The van der Waals surface area contributed by atoms with E-state index in [0.29, 0.717) is 21.3 Å². The smallest absolute Gasteiger partial charge is 0.322 e. The van der Waals surface area contributed by atoms with Crippen LogP contribution in [0.15, 0.2) is 64.3 Å². The van der Waals surface area contributed by atoms with Gasteiger partial charge < -0.3 is 10.3 Å². The summed E-state index contributed by atoms with van der Waals surface area (Å²) < 4.78 is 0.925. The van der Waals surface area contributed by atoms with Gasteiger partial charge in [-0.1, -0.05) is 47.5 Å². The average Bonchev–Trinajstić information content (AvgIpc) is 2.60. The van der Waals surface area contributed by atoms with Crippen LogP contribution in [0, 0.1) is 0 Å². The zero-order valence-corrected chi connectivity index (χ0v) is 14.8. The van der Waals surface area contributed by atoms with E-state index < -0.39 is 17.2 Å². The summed E-state index contributed by atoms with van der Waals surface area (Å²) >= 11 is 12.0. The van der Waals surface area contributed by atoms with Gasteiger partial charge in [-0.2, -0.15) is 0 Å². The Labute approximate surface area is 158 Å². The Balaban J connectivity index is 1.94. The number of rotatable bonds is 4. The predicted molar refractivity (Wildman–Crippen MR) is 101 cm³/mol. The van der Waals surface area contributed by atoms with Gasteiger partial charge >= 0.3 is 5.69 Å². The molecule has 0 aliphatic carbocycles. The number of nitrogens with zero attached hydrogens (tertiary/aromatic N) is 1. The number of hydrogen-bond donors (Lipinski definition) is 2. The van der Waals surface area contributed by atoms with Crippen molar-refractivity contribution in [2.45, 2.75) is 6.54 Å². The van der Waals surface area contributed by atoms with E-state index in [-0.39, 0.29) is 12.1 Å². The van der Waals surface area contributed by atoms with Crippen LogP contribution in [0.3, 0.4) is 0 Å². The standard InChI is InChI=1S/C18H13Cl2N3O3/c19-12-5-3-6-13(8-12)22-16(24)14-9-21-18(26)23(17(14)25)10-11-4-1-2-7-15(11)20/h1-9H,10H2,(H,21,26)(H,22,24). The molecule has 1 amide bonds. The number of benzene rings is 2. The van der Waals surface area contributed by atoms with Crippen molar-refractivity contribution in [3.63, 3.8) is 0 Å². The van der Waals surface area contributed by atoms with E-state index in [0.717, 1.165) is 10.8 Å². The summed E-state index contributed by atoms with van der Waals surface area (Å²) in [5.41, 5.74) is -0.515. The molecule has 26 heavy (non-hydrogen) atoms. The van der Waals surface area contributed by atoms with Crippen LogP contribution in [0.1, 0.15) is 15.9 Å². The maximum atomic E-state index is 12.6. The van der Waals surface area contributed by atoms with Gasteiger partial charge in [-0.15, -0.1) is 0 Å². The van der Waals surface area contributed by atoms with Crippen LogP contribution in [-0.2, 0) is 6.54 Å². The van der Waals surface area contributed by atoms with Gasteiger partial charge in [0.05, 0.1) is 6.54 Å². The van der Waals surface area contributed by atoms with Crippen molar-refractivity contribution in [1.29, 1.82) is 0 Å². The number of anilines is 1. The molecule has 1 aromatic heterocycles. The number of H-pyrrole nitrogens is 1. The molecule has 0 spiro atoms. The van der Waals surface area contributed by atoms with E-state index in [2.05, 4.69) is 10.3 Å². The van der Waals surface area contributed by atoms with Gasteiger partial charge in [0.1, 0.15) is 5.56 Å². The van der Waals surface area contributed by atoms with Gasteiger partial charge in [0, 0.05) is 21.9 Å². The lowest BCUT2D eigenvalue weighted by atomic mass is 10.2. The number of amides is 1. The second-order valence-electron chi connectivity index (χ2n) is 5.45. The Morgan fingerprint density at radius 1 is 1.08 bits per heavy atom. The van der Waals surface area contributed by atoms with E-state index >= 15 is 0 Å². The Bertz CT molecular complexity index is 1090. The minimum atomic E-state index is -0.715. The Morgan fingerprint density at radius 2 is 1.85 bits per heavy atom. The fourth-order valence-corrected chi connectivity index (χ4v) is 2.76. The number of aromatic nitrogens is 2. The van der Waals surface area contributed by atoms with Gasteiger partial charge in [-0.05, 0) is 29.8 Å². The van der Waals surface area contributed by atoms with Crippen LogP contribution in [0.25, 0.3) is 0 Å². The molecule has 3 aromatic rings. The molecule has 8 heteroatoms. The van der Waals surface area contributed by atoms with Gasteiger partial charge in [0.15, 0.2) is 0 Å². The highest BCUT2D eigenvalue weighted by Gasteiger charge is 2.16. The quantitative estimate of drug-likeness (QED) is 0.718. The third-order valence-corrected chi connectivity index (χ3v) is 4.28. The van der Waals surface area contributed by atoms with Gasteiger partial charge in [-0.3, -0.25) is 14.2 Å². The predicted octanol–water partition coefficient (Wildman–Crippen LogP) is 3.14. The molecule has 2 aromatic carbocycles. The van der Waals surface area contributed by atoms with Gasteiger partial charge in [0.2, 0.25) is 0 Å². The van der Waals surface area contributed by atoms with E-state index in [9.17, 15) is 14.4 Å². The molecular formula is C18H13Cl2N3O3. The molecule has 1 heterocycles. The first-order chi connectivity index (χ1) is 12.5. The molecule has 2 N–H and O–H groups in total. The Kier molecular flexibility index (Phi) is 5.25. The largest absolute Gasteiger partial charge is 0.328 e. The molecule has 0 saturated carbocycles. The molecule has 3 rings (SSSR count). The number of carbonyl (C=O) groups is 1. The number of hydrogen-bond acceptors (Lipinski definition) is 3. The topological polar surface area (TPSA) is 84.0 Å². The van der Waals surface area contributed by atoms with Crippen LogP contribution in [0.2, 0.25) is 10.0 Å². The summed E-state index contributed by atoms with van der Waals surface area (Å²) in [6, 6.07) is 13.4. The second-order valence-corrected chi connectivity index (χ2v) is 6.30. The highest BCUT2D eigenvalue weighted by atomic mass is 35.5. The normalized spacial score (nSPS) is 10.5. The second kappa shape index (κ2) is 7.59. The van der Waals surface area contributed by atoms with Crippen molar-refractivity contribution in [2.75, 3.05) is 5.32 Å². The molecule has 132 valence electrons. The maximum absolute atomic E-state index is 12.6. The first-order valence-corrected chi connectivity index (χ1v) is 8.34. The van der Waals surface area contributed by atoms with Crippen LogP contribution in [-0.4, -0.2) is 15.5 Å². The van der Waals surface area contributed by atoms with Gasteiger partial charge in [-0.25, -0.2) is 4.79 Å². The summed E-state index contributed by atoms with van der Waals surface area (Å²) in [4.78, 5) is 39.5. The zero-order chi connectivity index (χ0) is 18.7. The minimum absolute atomic E-state index is 0.0495. The first kappa shape index (κ1) is 18.0. The number of carbonyl (C=O) groups excluding carboxylic acids is 1. The van der Waals surface area contributed by atoms with E-state index in [1.807, 2.05) is 0 Å². The maximum Gasteiger partial charge on any atom is 0.328 e. The number of aromatic amines is 1. The number of halogens is 2. The van der Waals surface area contributed by atoms with Crippen molar-refractivity contribution < 1.29 is 4.79 Å². The highest BCUT2D eigenvalue weighted by Crippen LogP contribution is 2.16. The monoisotopic (exact) mass is 389 g/mol. The van der Waals surface area contributed by atoms with Crippen LogP contribution in [0.4, 0.5) is 5.69 Å². The number of nitrogens with one attached hydrogen (secondary N) is 2. The fraction of sp³-hybridized carbons (Fsp3) is 0.0556. The fourth-order valence-electron chi connectivity index (χ4n) is 2.38. The van der Waals surface area contributed by atoms with Crippen LogP contribution in [0.5, 0.6) is 0 Å². The molecule has 0 saturated heterocycles. The van der Waals surface area contributed by atoms with Crippen molar-refractivity contribution >= 4 is 34.8 Å². The van der Waals surface area contributed by atoms with Crippen LogP contribution >= 0.6 is 23.2 Å². The van der Waals surface area contributed by atoms with E-state index in [4.69, 9.17) is 23.2 Å². The average molecular weight is 390 g/mol. The molecule has 0 fully saturated rings. The highest BCUT2D eigenvalue weighted by molar-refractivity contribution is 6.31. The van der Waals surface area contributed by atoms with E-state index in [1.54, 1.807) is 48.5 Å². The third-order valence-electron chi connectivity index (χ3n) is 3.67. The van der Waals surface area contributed by atoms with Crippen molar-refractivity contribution in [1.82, 2.24) is 9.55 Å². The lowest BCUT2D eigenvalue weighted by Gasteiger charge is -2.09. The molecule has 0 radical (unpaired) electrons. The Morgan fingerprint density at radius 3 is 2.58 bits per heavy atom. The first-order valence-electron chi connectivity index (χ1n) is 7.58. The summed E-state index contributed by atoms with van der Waals surface area (Å²) in [7, 11) is 0. The Hall–Kier alpha value is -2.83.